The highest BCUT2D eigenvalue weighted by Gasteiger charge is 2.23. The molecule has 0 radical (unpaired) electrons. The van der Waals surface area contributed by atoms with E-state index < -0.39 is 0 Å². The third-order valence-corrected chi connectivity index (χ3v) is 4.99. The Morgan fingerprint density at radius 3 is 2.62 bits per heavy atom. The van der Waals surface area contributed by atoms with Crippen LogP contribution in [0.15, 0.2) is 17.1 Å². The van der Waals surface area contributed by atoms with Gasteiger partial charge in [0.25, 0.3) is 0 Å². The second kappa shape index (κ2) is 12.1. The maximum absolute atomic E-state index is 5.51. The topological polar surface area (TPSA) is 48.9 Å². The molecular weight excluding hydrogens is 435 g/mol. The van der Waals surface area contributed by atoms with Gasteiger partial charge in [-0.15, -0.1) is 35.3 Å². The van der Waals surface area contributed by atoms with E-state index >= 15 is 0 Å². The summed E-state index contributed by atoms with van der Waals surface area (Å²) in [5.41, 5.74) is 0. The van der Waals surface area contributed by atoms with Crippen molar-refractivity contribution in [1.82, 2.24) is 15.5 Å². The minimum atomic E-state index is 0. The number of aryl methyl sites for hydroxylation is 1. The minimum Gasteiger partial charge on any atom is -0.379 e. The molecule has 0 aromatic carbocycles. The summed E-state index contributed by atoms with van der Waals surface area (Å²) < 4.78 is 5.51. The second-order valence-corrected chi connectivity index (χ2v) is 7.08. The molecular formula is C17H31IN4OS. The van der Waals surface area contributed by atoms with Gasteiger partial charge >= 0.3 is 0 Å². The van der Waals surface area contributed by atoms with Gasteiger partial charge in [0.15, 0.2) is 5.96 Å². The van der Waals surface area contributed by atoms with Gasteiger partial charge in [0, 0.05) is 35.9 Å². The van der Waals surface area contributed by atoms with Gasteiger partial charge < -0.3 is 15.4 Å². The van der Waals surface area contributed by atoms with Crippen LogP contribution in [0.5, 0.6) is 0 Å². The summed E-state index contributed by atoms with van der Waals surface area (Å²) in [7, 11) is 0. The average molecular weight is 466 g/mol. The number of ether oxygens (including phenoxy) is 1. The molecule has 0 saturated carbocycles. The van der Waals surface area contributed by atoms with Crippen molar-refractivity contribution < 1.29 is 4.74 Å². The lowest BCUT2D eigenvalue weighted by Crippen LogP contribution is -2.41. The Morgan fingerprint density at radius 1 is 1.29 bits per heavy atom. The van der Waals surface area contributed by atoms with Crippen molar-refractivity contribution in [2.75, 3.05) is 45.9 Å². The highest BCUT2D eigenvalue weighted by Crippen LogP contribution is 2.28. The van der Waals surface area contributed by atoms with Crippen molar-refractivity contribution in [2.24, 2.45) is 4.99 Å². The van der Waals surface area contributed by atoms with Crippen LogP contribution >= 0.6 is 35.3 Å². The van der Waals surface area contributed by atoms with E-state index in [4.69, 9.17) is 9.73 Å². The summed E-state index contributed by atoms with van der Waals surface area (Å²) in [4.78, 5) is 10.1. The van der Waals surface area contributed by atoms with E-state index in [0.717, 1.165) is 58.3 Å². The van der Waals surface area contributed by atoms with Crippen molar-refractivity contribution in [3.05, 3.63) is 21.9 Å². The Hall–Kier alpha value is -0.380. The largest absolute Gasteiger partial charge is 0.379 e. The molecule has 2 rings (SSSR count). The first-order chi connectivity index (χ1) is 11.2. The van der Waals surface area contributed by atoms with Crippen LogP contribution in [-0.2, 0) is 4.74 Å². The van der Waals surface area contributed by atoms with Gasteiger partial charge in [-0.25, -0.2) is 0 Å². The molecule has 0 aliphatic carbocycles. The van der Waals surface area contributed by atoms with Gasteiger partial charge in [0.2, 0.25) is 0 Å². The van der Waals surface area contributed by atoms with E-state index in [1.165, 1.54) is 9.75 Å². The summed E-state index contributed by atoms with van der Waals surface area (Å²) in [6, 6.07) is 4.80. The second-order valence-electron chi connectivity index (χ2n) is 5.76. The molecule has 2 N–H and O–H groups in total. The Kier molecular flexibility index (Phi) is 10.9. The van der Waals surface area contributed by atoms with E-state index in [1.54, 1.807) is 0 Å². The molecule has 1 aliphatic heterocycles. The fraction of sp³-hybridized carbons (Fsp3) is 0.706. The lowest BCUT2D eigenvalue weighted by Gasteiger charge is -2.33. The monoisotopic (exact) mass is 466 g/mol. The van der Waals surface area contributed by atoms with Gasteiger partial charge in [-0.2, -0.15) is 0 Å². The van der Waals surface area contributed by atoms with Gasteiger partial charge in [0.05, 0.1) is 25.8 Å². The molecule has 1 fully saturated rings. The third kappa shape index (κ3) is 6.85. The number of morpholine rings is 1. The quantitative estimate of drug-likeness (QED) is 0.369. The van der Waals surface area contributed by atoms with Crippen molar-refractivity contribution in [1.29, 1.82) is 0 Å². The average Bonchev–Trinajstić information content (AvgIpc) is 3.00. The lowest BCUT2D eigenvalue weighted by atomic mass is 10.2. The van der Waals surface area contributed by atoms with Crippen molar-refractivity contribution in [3.63, 3.8) is 0 Å². The summed E-state index contributed by atoms with van der Waals surface area (Å²) in [5.74, 6) is 0.917. The summed E-state index contributed by atoms with van der Waals surface area (Å²) in [5, 5.41) is 6.72. The molecule has 1 atom stereocenters. The number of halogens is 1. The molecule has 24 heavy (non-hydrogen) atoms. The molecule has 2 heterocycles. The van der Waals surface area contributed by atoms with E-state index in [9.17, 15) is 0 Å². The van der Waals surface area contributed by atoms with Crippen LogP contribution in [-0.4, -0.2) is 56.8 Å². The Morgan fingerprint density at radius 2 is 2.04 bits per heavy atom. The number of aliphatic imine (C=N–C) groups is 1. The molecule has 1 aromatic heterocycles. The number of guanidine groups is 1. The number of hydrogen-bond donors (Lipinski definition) is 2. The zero-order valence-electron chi connectivity index (χ0n) is 15.0. The zero-order chi connectivity index (χ0) is 16.5. The number of nitrogens with one attached hydrogen (secondary N) is 2. The molecule has 1 aliphatic rings. The summed E-state index contributed by atoms with van der Waals surface area (Å²) >= 11 is 1.88. The highest BCUT2D eigenvalue weighted by atomic mass is 127. The molecule has 0 amide bonds. The Labute approximate surface area is 167 Å². The third-order valence-electron chi connectivity index (χ3n) is 3.89. The summed E-state index contributed by atoms with van der Waals surface area (Å²) in [6.07, 6.45) is 1.10. The molecule has 0 bridgehead atoms. The molecule has 0 spiro atoms. The van der Waals surface area contributed by atoms with Gasteiger partial charge in [-0.1, -0.05) is 6.92 Å². The summed E-state index contributed by atoms with van der Waals surface area (Å²) in [6.45, 7) is 12.7. The number of nitrogens with zero attached hydrogens (tertiary/aromatic N) is 2. The first-order valence-corrected chi connectivity index (χ1v) is 9.46. The Bertz CT molecular complexity index is 489. The fourth-order valence-electron chi connectivity index (χ4n) is 2.67. The first kappa shape index (κ1) is 21.7. The molecule has 1 unspecified atom stereocenters. The first-order valence-electron chi connectivity index (χ1n) is 8.65. The molecule has 1 aromatic rings. The van der Waals surface area contributed by atoms with Crippen LogP contribution in [0.2, 0.25) is 0 Å². The number of rotatable bonds is 7. The van der Waals surface area contributed by atoms with E-state index in [2.05, 4.69) is 48.4 Å². The Balaban J connectivity index is 0.00000288. The maximum atomic E-state index is 5.51. The number of hydrogen-bond acceptors (Lipinski definition) is 4. The number of thiophene rings is 1. The van der Waals surface area contributed by atoms with Crippen molar-refractivity contribution in [2.45, 2.75) is 33.2 Å². The van der Waals surface area contributed by atoms with Crippen molar-refractivity contribution >= 4 is 41.3 Å². The molecule has 7 heteroatoms. The van der Waals surface area contributed by atoms with Gasteiger partial charge in [-0.05, 0) is 32.4 Å². The standard InChI is InChI=1S/C17H30N4OS.HI/c1-4-8-19-17(18-5-2)20-13-15(16-7-6-14(3)23-16)21-9-11-22-12-10-21;/h6-7,15H,4-5,8-13H2,1-3H3,(H2,18,19,20);1H. The predicted octanol–water partition coefficient (Wildman–Crippen LogP) is 3.01. The molecule has 138 valence electrons. The predicted molar refractivity (Wildman–Crippen MR) is 114 cm³/mol. The van der Waals surface area contributed by atoms with Crippen LogP contribution in [0.1, 0.15) is 36.1 Å². The van der Waals surface area contributed by atoms with Crippen LogP contribution in [0.3, 0.4) is 0 Å². The SMILES string of the molecule is CCCNC(=NCC(c1ccc(C)s1)N1CCOCC1)NCC.I. The van der Waals surface area contributed by atoms with Crippen LogP contribution in [0.25, 0.3) is 0 Å². The fourth-order valence-corrected chi connectivity index (χ4v) is 3.67. The molecule has 5 nitrogen and oxygen atoms in total. The van der Waals surface area contributed by atoms with Crippen LogP contribution in [0, 0.1) is 6.92 Å². The lowest BCUT2D eigenvalue weighted by molar-refractivity contribution is 0.0186. The normalized spacial score (nSPS) is 17.2. The minimum absolute atomic E-state index is 0. The highest BCUT2D eigenvalue weighted by molar-refractivity contribution is 14.0. The zero-order valence-corrected chi connectivity index (χ0v) is 18.2. The van der Waals surface area contributed by atoms with Gasteiger partial charge in [0.1, 0.15) is 0 Å². The van der Waals surface area contributed by atoms with E-state index in [0.29, 0.717) is 6.04 Å². The van der Waals surface area contributed by atoms with E-state index in [-0.39, 0.29) is 24.0 Å². The smallest absolute Gasteiger partial charge is 0.191 e. The van der Waals surface area contributed by atoms with Crippen LogP contribution < -0.4 is 10.6 Å². The van der Waals surface area contributed by atoms with E-state index in [1.807, 2.05) is 11.3 Å². The molecule has 1 saturated heterocycles. The van der Waals surface area contributed by atoms with Gasteiger partial charge in [-0.3, -0.25) is 9.89 Å². The maximum Gasteiger partial charge on any atom is 0.191 e. The van der Waals surface area contributed by atoms with Crippen LogP contribution in [0.4, 0.5) is 0 Å². The van der Waals surface area contributed by atoms with Crippen molar-refractivity contribution in [3.8, 4) is 0 Å².